The number of carbonyl (C=O) groups excluding carboxylic acids is 1. The topological polar surface area (TPSA) is 47.3 Å². The van der Waals surface area contributed by atoms with Crippen LogP contribution in [-0.4, -0.2) is 48.4 Å². The van der Waals surface area contributed by atoms with E-state index in [-0.39, 0.29) is 5.91 Å². The summed E-state index contributed by atoms with van der Waals surface area (Å²) in [4.78, 5) is 17.0. The number of aryl methyl sites for hydroxylation is 1. The number of hydrogen-bond acceptors (Lipinski definition) is 4. The molecule has 0 spiro atoms. The highest BCUT2D eigenvalue weighted by atomic mass is 32.1. The Bertz CT molecular complexity index is 441. The van der Waals surface area contributed by atoms with Crippen molar-refractivity contribution in [2.24, 2.45) is 0 Å². The first-order valence-corrected chi connectivity index (χ1v) is 6.53. The first kappa shape index (κ1) is 12.1. The van der Waals surface area contributed by atoms with Gasteiger partial charge in [-0.1, -0.05) is 0 Å². The molecule has 1 aromatic rings. The van der Waals surface area contributed by atoms with Crippen LogP contribution >= 0.6 is 11.3 Å². The zero-order valence-electron chi connectivity index (χ0n) is 9.85. The summed E-state index contributed by atoms with van der Waals surface area (Å²) in [6.45, 7) is 5.46. The second-order valence-corrected chi connectivity index (χ2v) is 5.08. The zero-order valence-corrected chi connectivity index (χ0v) is 10.7. The second-order valence-electron chi connectivity index (χ2n) is 4.16. The largest absolute Gasteiger partial charge is 0.335 e. The van der Waals surface area contributed by atoms with Crippen LogP contribution in [0.1, 0.15) is 15.2 Å². The smallest absolute Gasteiger partial charge is 0.264 e. The molecule has 1 amide bonds. The van der Waals surface area contributed by atoms with Gasteiger partial charge in [0.15, 0.2) is 0 Å². The van der Waals surface area contributed by atoms with E-state index in [1.165, 1.54) is 11.3 Å². The van der Waals surface area contributed by atoms with Crippen molar-refractivity contribution >= 4 is 17.2 Å². The lowest BCUT2D eigenvalue weighted by atomic mass is 10.2. The fraction of sp³-hybridized carbons (Fsp3) is 0.500. The van der Waals surface area contributed by atoms with Crippen LogP contribution in [0.3, 0.4) is 0 Å². The van der Waals surface area contributed by atoms with Crippen molar-refractivity contribution in [3.8, 4) is 6.07 Å². The van der Waals surface area contributed by atoms with Crippen molar-refractivity contribution < 1.29 is 4.79 Å². The molecule has 0 atom stereocenters. The maximum atomic E-state index is 12.2. The summed E-state index contributed by atoms with van der Waals surface area (Å²) in [6, 6.07) is 4.12. The van der Waals surface area contributed by atoms with Crippen LogP contribution in [0.25, 0.3) is 0 Å². The summed E-state index contributed by atoms with van der Waals surface area (Å²) in [5.41, 5.74) is 1.06. The van der Waals surface area contributed by atoms with Crippen molar-refractivity contribution in [3.63, 3.8) is 0 Å². The fourth-order valence-electron chi connectivity index (χ4n) is 1.94. The Morgan fingerprint density at radius 2 is 2.18 bits per heavy atom. The molecule has 0 N–H and O–H groups in total. The number of rotatable bonds is 2. The maximum absolute atomic E-state index is 12.2. The van der Waals surface area contributed by atoms with E-state index < -0.39 is 0 Å². The SMILES string of the molecule is Cc1ccsc1C(=O)N1CCN(CC#N)CC1. The Morgan fingerprint density at radius 3 is 2.71 bits per heavy atom. The van der Waals surface area contributed by atoms with E-state index in [0.717, 1.165) is 36.6 Å². The van der Waals surface area contributed by atoms with Crippen LogP contribution in [0.15, 0.2) is 11.4 Å². The van der Waals surface area contributed by atoms with E-state index in [4.69, 9.17) is 5.26 Å². The van der Waals surface area contributed by atoms with Crippen LogP contribution in [0.2, 0.25) is 0 Å². The monoisotopic (exact) mass is 249 g/mol. The van der Waals surface area contributed by atoms with Gasteiger partial charge in [-0.15, -0.1) is 11.3 Å². The van der Waals surface area contributed by atoms with Crippen molar-refractivity contribution in [2.45, 2.75) is 6.92 Å². The molecule has 1 aliphatic heterocycles. The number of carbonyl (C=O) groups is 1. The molecule has 2 rings (SSSR count). The van der Waals surface area contributed by atoms with Crippen LogP contribution in [0.4, 0.5) is 0 Å². The zero-order chi connectivity index (χ0) is 12.3. The van der Waals surface area contributed by atoms with Crippen molar-refractivity contribution in [1.29, 1.82) is 5.26 Å². The molecule has 1 aliphatic rings. The van der Waals surface area contributed by atoms with Crippen molar-refractivity contribution in [3.05, 3.63) is 21.9 Å². The van der Waals surface area contributed by atoms with Gasteiger partial charge in [-0.2, -0.15) is 5.26 Å². The minimum absolute atomic E-state index is 0.133. The Balaban J connectivity index is 1.96. The Labute approximate surface area is 105 Å². The molecule has 1 saturated heterocycles. The molecule has 1 fully saturated rings. The van der Waals surface area contributed by atoms with Gasteiger partial charge < -0.3 is 4.90 Å². The minimum atomic E-state index is 0.133. The molecule has 17 heavy (non-hydrogen) atoms. The molecule has 0 radical (unpaired) electrons. The Morgan fingerprint density at radius 1 is 1.47 bits per heavy atom. The van der Waals surface area contributed by atoms with Gasteiger partial charge in [0.1, 0.15) is 0 Å². The van der Waals surface area contributed by atoms with Gasteiger partial charge in [0.2, 0.25) is 0 Å². The summed E-state index contributed by atoms with van der Waals surface area (Å²) < 4.78 is 0. The average Bonchev–Trinajstić information content (AvgIpc) is 2.76. The van der Waals surface area contributed by atoms with Crippen molar-refractivity contribution in [1.82, 2.24) is 9.80 Å². The van der Waals surface area contributed by atoms with E-state index in [1.54, 1.807) is 0 Å². The van der Waals surface area contributed by atoms with Crippen LogP contribution in [0.5, 0.6) is 0 Å². The van der Waals surface area contributed by atoms with Crippen LogP contribution < -0.4 is 0 Å². The van der Waals surface area contributed by atoms with Gasteiger partial charge >= 0.3 is 0 Å². The Hall–Kier alpha value is -1.38. The molecule has 0 bridgehead atoms. The maximum Gasteiger partial charge on any atom is 0.264 e. The van der Waals surface area contributed by atoms with E-state index in [0.29, 0.717) is 6.54 Å². The molecule has 90 valence electrons. The van der Waals surface area contributed by atoms with E-state index in [9.17, 15) is 4.79 Å². The molecule has 4 nitrogen and oxygen atoms in total. The molecule has 1 aromatic heterocycles. The second kappa shape index (κ2) is 5.30. The fourth-order valence-corrected chi connectivity index (χ4v) is 2.84. The van der Waals surface area contributed by atoms with Gasteiger partial charge in [-0.25, -0.2) is 0 Å². The molecule has 0 aromatic carbocycles. The first-order chi connectivity index (χ1) is 8.22. The van der Waals surface area contributed by atoms with E-state index in [2.05, 4.69) is 11.0 Å². The minimum Gasteiger partial charge on any atom is -0.335 e. The molecule has 0 aliphatic carbocycles. The van der Waals surface area contributed by atoms with Gasteiger partial charge in [0.25, 0.3) is 5.91 Å². The van der Waals surface area contributed by atoms with Crippen LogP contribution in [-0.2, 0) is 0 Å². The summed E-state index contributed by atoms with van der Waals surface area (Å²) in [5, 5.41) is 10.6. The molecule has 0 unspecified atom stereocenters. The number of hydrogen-bond donors (Lipinski definition) is 0. The predicted molar refractivity (Wildman–Crippen MR) is 67.0 cm³/mol. The molecular weight excluding hydrogens is 234 g/mol. The highest BCUT2D eigenvalue weighted by molar-refractivity contribution is 7.12. The molecule has 2 heterocycles. The van der Waals surface area contributed by atoms with E-state index >= 15 is 0 Å². The lowest BCUT2D eigenvalue weighted by molar-refractivity contribution is 0.0656. The first-order valence-electron chi connectivity index (χ1n) is 5.65. The third kappa shape index (κ3) is 2.65. The molecule has 5 heteroatoms. The lowest BCUT2D eigenvalue weighted by Crippen LogP contribution is -2.48. The Kier molecular flexibility index (Phi) is 3.77. The van der Waals surface area contributed by atoms with Crippen molar-refractivity contribution in [2.75, 3.05) is 32.7 Å². The summed E-state index contributed by atoms with van der Waals surface area (Å²) >= 11 is 1.51. The van der Waals surface area contributed by atoms with Gasteiger partial charge in [0, 0.05) is 26.2 Å². The quantitative estimate of drug-likeness (QED) is 0.743. The number of amides is 1. The van der Waals surface area contributed by atoms with Crippen LogP contribution in [0, 0.1) is 18.3 Å². The lowest BCUT2D eigenvalue weighted by Gasteiger charge is -2.33. The summed E-state index contributed by atoms with van der Waals surface area (Å²) in [6.07, 6.45) is 0. The number of thiophene rings is 1. The van der Waals surface area contributed by atoms with Gasteiger partial charge in [-0.3, -0.25) is 9.69 Å². The third-order valence-corrected chi connectivity index (χ3v) is 4.01. The summed E-state index contributed by atoms with van der Waals surface area (Å²) in [7, 11) is 0. The van der Waals surface area contributed by atoms with Gasteiger partial charge in [0.05, 0.1) is 17.5 Å². The standard InChI is InChI=1S/C12H15N3OS/c1-10-2-9-17-11(10)12(16)15-7-5-14(4-3-13)6-8-15/h2,9H,4-8H2,1H3. The van der Waals surface area contributed by atoms with E-state index in [1.807, 2.05) is 23.3 Å². The highest BCUT2D eigenvalue weighted by Crippen LogP contribution is 2.18. The molecule has 0 saturated carbocycles. The number of nitrogens with zero attached hydrogens (tertiary/aromatic N) is 3. The molecular formula is C12H15N3OS. The summed E-state index contributed by atoms with van der Waals surface area (Å²) in [5.74, 6) is 0.133. The normalized spacial score (nSPS) is 16.8. The average molecular weight is 249 g/mol. The number of nitriles is 1. The van der Waals surface area contributed by atoms with Gasteiger partial charge in [-0.05, 0) is 23.9 Å². The highest BCUT2D eigenvalue weighted by Gasteiger charge is 2.23. The third-order valence-electron chi connectivity index (χ3n) is 3.01. The number of piperazine rings is 1. The predicted octanol–water partition coefficient (Wildman–Crippen LogP) is 1.34.